The van der Waals surface area contributed by atoms with Crippen molar-refractivity contribution in [3.63, 3.8) is 0 Å². The predicted octanol–water partition coefficient (Wildman–Crippen LogP) is 3.11. The minimum Gasteiger partial charge on any atom is -0.497 e. The van der Waals surface area contributed by atoms with E-state index in [0.29, 0.717) is 6.42 Å². The largest absolute Gasteiger partial charge is 0.497 e. The fourth-order valence-corrected chi connectivity index (χ4v) is 3.26. The standard InChI is InChI=1S/C21H25FN2O2/c1-26-20-9-5-17(6-10-20)15-21(25)24-12-2-11-23(13-14-24)16-18-3-7-19(22)8-4-18/h3-10H,2,11-16H2,1H3. The lowest BCUT2D eigenvalue weighted by molar-refractivity contribution is -0.130. The normalized spacial score (nSPS) is 15.5. The first-order chi connectivity index (χ1) is 12.6. The van der Waals surface area contributed by atoms with Crippen LogP contribution < -0.4 is 4.74 Å². The van der Waals surface area contributed by atoms with E-state index < -0.39 is 0 Å². The number of carbonyl (C=O) groups is 1. The van der Waals surface area contributed by atoms with Crippen LogP contribution in [0.1, 0.15) is 17.5 Å². The molecule has 0 N–H and O–H groups in total. The Balaban J connectivity index is 1.52. The molecule has 0 aliphatic carbocycles. The van der Waals surface area contributed by atoms with Gasteiger partial charge >= 0.3 is 0 Å². The summed E-state index contributed by atoms with van der Waals surface area (Å²) in [4.78, 5) is 16.9. The molecular weight excluding hydrogens is 331 g/mol. The van der Waals surface area contributed by atoms with Crippen LogP contribution in [0.3, 0.4) is 0 Å². The minimum atomic E-state index is -0.208. The molecule has 5 heteroatoms. The molecule has 3 rings (SSSR count). The number of nitrogens with zero attached hydrogens (tertiary/aromatic N) is 2. The maximum atomic E-state index is 13.0. The topological polar surface area (TPSA) is 32.8 Å². The van der Waals surface area contributed by atoms with Gasteiger partial charge in [0.1, 0.15) is 11.6 Å². The molecule has 1 amide bonds. The summed E-state index contributed by atoms with van der Waals surface area (Å²) in [5.74, 6) is 0.756. The molecule has 1 aliphatic heterocycles. The van der Waals surface area contributed by atoms with Gasteiger partial charge in [0.15, 0.2) is 0 Å². The molecule has 1 heterocycles. The Labute approximate surface area is 154 Å². The van der Waals surface area contributed by atoms with E-state index in [1.807, 2.05) is 41.3 Å². The van der Waals surface area contributed by atoms with Crippen LogP contribution in [0.4, 0.5) is 4.39 Å². The quantitative estimate of drug-likeness (QED) is 0.825. The van der Waals surface area contributed by atoms with Crippen molar-refractivity contribution in [3.8, 4) is 5.75 Å². The van der Waals surface area contributed by atoms with Gasteiger partial charge in [-0.15, -0.1) is 0 Å². The van der Waals surface area contributed by atoms with Gasteiger partial charge in [-0.1, -0.05) is 24.3 Å². The van der Waals surface area contributed by atoms with Gasteiger partial charge in [-0.25, -0.2) is 4.39 Å². The molecule has 26 heavy (non-hydrogen) atoms. The second-order valence-corrected chi connectivity index (χ2v) is 6.66. The Bertz CT molecular complexity index is 716. The first-order valence-electron chi connectivity index (χ1n) is 9.01. The summed E-state index contributed by atoms with van der Waals surface area (Å²) < 4.78 is 18.2. The SMILES string of the molecule is COc1ccc(CC(=O)N2CCCN(Cc3ccc(F)cc3)CC2)cc1. The van der Waals surface area contributed by atoms with Crippen LogP contribution in [0.25, 0.3) is 0 Å². The van der Waals surface area contributed by atoms with Crippen molar-refractivity contribution in [2.75, 3.05) is 33.3 Å². The summed E-state index contributed by atoms with van der Waals surface area (Å²) in [6.45, 7) is 4.10. The molecule has 1 saturated heterocycles. The van der Waals surface area contributed by atoms with Crippen LogP contribution >= 0.6 is 0 Å². The van der Waals surface area contributed by atoms with Crippen molar-refractivity contribution in [3.05, 3.63) is 65.5 Å². The summed E-state index contributed by atoms with van der Waals surface area (Å²) in [5.41, 5.74) is 2.10. The Morgan fingerprint density at radius 1 is 0.962 bits per heavy atom. The van der Waals surface area contributed by atoms with Gasteiger partial charge < -0.3 is 9.64 Å². The van der Waals surface area contributed by atoms with Crippen LogP contribution in [-0.4, -0.2) is 49.0 Å². The van der Waals surface area contributed by atoms with Gasteiger partial charge in [0.25, 0.3) is 0 Å². The highest BCUT2D eigenvalue weighted by Gasteiger charge is 2.19. The summed E-state index contributed by atoms with van der Waals surface area (Å²) in [6, 6.07) is 14.3. The maximum Gasteiger partial charge on any atom is 0.227 e. The number of rotatable bonds is 5. The van der Waals surface area contributed by atoms with E-state index in [2.05, 4.69) is 4.90 Å². The van der Waals surface area contributed by atoms with E-state index in [-0.39, 0.29) is 11.7 Å². The molecular formula is C21H25FN2O2. The number of benzene rings is 2. The Morgan fingerprint density at radius 3 is 2.35 bits per heavy atom. The van der Waals surface area contributed by atoms with Crippen molar-refractivity contribution in [1.82, 2.24) is 9.80 Å². The third kappa shape index (κ3) is 5.05. The molecule has 0 aromatic heterocycles. The molecule has 1 fully saturated rings. The van der Waals surface area contributed by atoms with Crippen molar-refractivity contribution < 1.29 is 13.9 Å². The highest BCUT2D eigenvalue weighted by molar-refractivity contribution is 5.78. The number of halogens is 1. The number of amides is 1. The number of hydrogen-bond acceptors (Lipinski definition) is 3. The van der Waals surface area contributed by atoms with Crippen LogP contribution in [0.5, 0.6) is 5.75 Å². The minimum absolute atomic E-state index is 0.166. The van der Waals surface area contributed by atoms with Crippen LogP contribution in [0, 0.1) is 5.82 Å². The summed E-state index contributed by atoms with van der Waals surface area (Å²) in [7, 11) is 1.63. The number of hydrogen-bond donors (Lipinski definition) is 0. The molecule has 0 spiro atoms. The van der Waals surface area contributed by atoms with Crippen LogP contribution in [-0.2, 0) is 17.8 Å². The van der Waals surface area contributed by atoms with Gasteiger partial charge in [0.05, 0.1) is 13.5 Å². The van der Waals surface area contributed by atoms with E-state index in [0.717, 1.165) is 56.0 Å². The average Bonchev–Trinajstić information content (AvgIpc) is 2.90. The second kappa shape index (κ2) is 8.81. The Morgan fingerprint density at radius 2 is 1.65 bits per heavy atom. The first-order valence-corrected chi connectivity index (χ1v) is 9.01. The van der Waals surface area contributed by atoms with Gasteiger partial charge in [-0.2, -0.15) is 0 Å². The molecule has 4 nitrogen and oxygen atoms in total. The maximum absolute atomic E-state index is 13.0. The first kappa shape index (κ1) is 18.4. The zero-order valence-electron chi connectivity index (χ0n) is 15.2. The molecule has 1 aliphatic rings. The van der Waals surface area contributed by atoms with Gasteiger partial charge in [0.2, 0.25) is 5.91 Å². The summed E-state index contributed by atoms with van der Waals surface area (Å²) in [5, 5.41) is 0. The van der Waals surface area contributed by atoms with Crippen molar-refractivity contribution >= 4 is 5.91 Å². The fourth-order valence-electron chi connectivity index (χ4n) is 3.26. The zero-order chi connectivity index (χ0) is 18.4. The fraction of sp³-hybridized carbons (Fsp3) is 0.381. The molecule has 0 unspecified atom stereocenters. The van der Waals surface area contributed by atoms with Gasteiger partial charge in [-0.3, -0.25) is 9.69 Å². The summed E-state index contributed by atoms with van der Waals surface area (Å²) in [6.07, 6.45) is 1.37. The monoisotopic (exact) mass is 356 g/mol. The van der Waals surface area contributed by atoms with E-state index in [1.54, 1.807) is 7.11 Å². The third-order valence-electron chi connectivity index (χ3n) is 4.78. The van der Waals surface area contributed by atoms with Gasteiger partial charge in [-0.05, 0) is 41.8 Å². The molecule has 2 aromatic rings. The zero-order valence-corrected chi connectivity index (χ0v) is 15.2. The lowest BCUT2D eigenvalue weighted by Crippen LogP contribution is -2.36. The van der Waals surface area contributed by atoms with E-state index in [4.69, 9.17) is 4.74 Å². The van der Waals surface area contributed by atoms with Crippen molar-refractivity contribution in [2.45, 2.75) is 19.4 Å². The summed E-state index contributed by atoms with van der Waals surface area (Å²) >= 11 is 0. The highest BCUT2D eigenvalue weighted by Crippen LogP contribution is 2.14. The predicted molar refractivity (Wildman–Crippen MR) is 99.6 cm³/mol. The lowest BCUT2D eigenvalue weighted by atomic mass is 10.1. The van der Waals surface area contributed by atoms with Crippen LogP contribution in [0.15, 0.2) is 48.5 Å². The van der Waals surface area contributed by atoms with E-state index in [1.165, 1.54) is 12.1 Å². The Hall–Kier alpha value is -2.40. The lowest BCUT2D eigenvalue weighted by Gasteiger charge is -2.22. The van der Waals surface area contributed by atoms with E-state index >= 15 is 0 Å². The van der Waals surface area contributed by atoms with Crippen molar-refractivity contribution in [2.24, 2.45) is 0 Å². The molecule has 0 saturated carbocycles. The third-order valence-corrected chi connectivity index (χ3v) is 4.78. The molecule has 0 atom stereocenters. The van der Waals surface area contributed by atoms with E-state index in [9.17, 15) is 9.18 Å². The molecule has 2 aromatic carbocycles. The Kier molecular flexibility index (Phi) is 6.23. The second-order valence-electron chi connectivity index (χ2n) is 6.66. The molecule has 0 bridgehead atoms. The average molecular weight is 356 g/mol. The number of methoxy groups -OCH3 is 1. The van der Waals surface area contributed by atoms with Gasteiger partial charge in [0, 0.05) is 32.7 Å². The highest BCUT2D eigenvalue weighted by atomic mass is 19.1. The number of carbonyl (C=O) groups excluding carboxylic acids is 1. The number of ether oxygens (including phenoxy) is 1. The smallest absolute Gasteiger partial charge is 0.227 e. The molecule has 138 valence electrons. The van der Waals surface area contributed by atoms with Crippen molar-refractivity contribution in [1.29, 1.82) is 0 Å². The molecule has 0 radical (unpaired) electrons. The van der Waals surface area contributed by atoms with Crippen LogP contribution in [0.2, 0.25) is 0 Å².